The van der Waals surface area contributed by atoms with Crippen molar-refractivity contribution in [3.63, 3.8) is 0 Å². The van der Waals surface area contributed by atoms with Gasteiger partial charge in [-0.3, -0.25) is 4.79 Å². The normalized spacial score (nSPS) is 28.1. The van der Waals surface area contributed by atoms with Crippen LogP contribution in [-0.4, -0.2) is 44.5 Å². The van der Waals surface area contributed by atoms with E-state index in [9.17, 15) is 4.79 Å². The number of hydrogen-bond acceptors (Lipinski definition) is 2. The number of nitriles is 1. The molecule has 4 heteroatoms. The van der Waals surface area contributed by atoms with Crippen molar-refractivity contribution in [3.05, 3.63) is 0 Å². The van der Waals surface area contributed by atoms with Crippen molar-refractivity contribution < 1.29 is 14.6 Å². The summed E-state index contributed by atoms with van der Waals surface area (Å²) in [6, 6.07) is 2.50. The Bertz CT molecular complexity index is 467. The molecule has 2 N–H and O–H groups in total. The molecule has 1 rings (SSSR count). The standard InChI is InChI=1S/C18H29N3O/c1-5-20(6-2)12-7-8-13-21-15-18(4,10-9-11-19)17(22)14-16(21)3/h16H,5-6,9-10,12-15H2,1-4H3/p+2. The van der Waals surface area contributed by atoms with Crippen molar-refractivity contribution >= 4 is 5.78 Å². The molecule has 3 unspecified atom stereocenters. The van der Waals surface area contributed by atoms with Gasteiger partial charge in [0.1, 0.15) is 18.9 Å². The maximum atomic E-state index is 12.3. The third-order valence-electron chi connectivity index (χ3n) is 5.05. The molecule has 0 aromatic heterocycles. The fourth-order valence-electron chi connectivity index (χ4n) is 3.10. The van der Waals surface area contributed by atoms with E-state index < -0.39 is 0 Å². The molecule has 4 nitrogen and oxygen atoms in total. The van der Waals surface area contributed by atoms with Gasteiger partial charge in [0.25, 0.3) is 0 Å². The zero-order chi connectivity index (χ0) is 16.6. The lowest BCUT2D eigenvalue weighted by Gasteiger charge is -2.39. The number of ketones is 1. The SMILES string of the molecule is CC[NH+](CC)CC#CC[NH+]1CC(C)(CCC#N)C(=O)CC1C. The van der Waals surface area contributed by atoms with Crippen molar-refractivity contribution in [2.75, 3.05) is 32.7 Å². The highest BCUT2D eigenvalue weighted by atomic mass is 16.1. The van der Waals surface area contributed by atoms with Crippen LogP contribution in [0.4, 0.5) is 0 Å². The average Bonchev–Trinajstić information content (AvgIpc) is 2.50. The first-order valence-corrected chi connectivity index (χ1v) is 8.51. The quantitative estimate of drug-likeness (QED) is 0.648. The Hall–Kier alpha value is -1.36. The Kier molecular flexibility index (Phi) is 7.59. The largest absolute Gasteiger partial charge is 0.325 e. The van der Waals surface area contributed by atoms with E-state index in [1.807, 2.05) is 6.92 Å². The molecule has 0 bridgehead atoms. The maximum absolute atomic E-state index is 12.3. The summed E-state index contributed by atoms with van der Waals surface area (Å²) in [6.07, 6.45) is 1.75. The summed E-state index contributed by atoms with van der Waals surface area (Å²) in [5.41, 5.74) is -0.344. The van der Waals surface area contributed by atoms with Crippen LogP contribution in [0.5, 0.6) is 0 Å². The number of quaternary nitrogens is 2. The molecular weight excluding hydrogens is 274 g/mol. The van der Waals surface area contributed by atoms with Gasteiger partial charge in [-0.2, -0.15) is 5.26 Å². The van der Waals surface area contributed by atoms with Gasteiger partial charge in [-0.1, -0.05) is 0 Å². The van der Waals surface area contributed by atoms with Crippen molar-refractivity contribution in [1.29, 1.82) is 5.26 Å². The first-order chi connectivity index (χ1) is 10.5. The van der Waals surface area contributed by atoms with Crippen molar-refractivity contribution in [2.24, 2.45) is 5.41 Å². The molecule has 0 spiro atoms. The van der Waals surface area contributed by atoms with Crippen LogP contribution >= 0.6 is 0 Å². The number of nitrogens with zero attached hydrogens (tertiary/aromatic N) is 1. The summed E-state index contributed by atoms with van der Waals surface area (Å²) in [4.78, 5) is 15.2. The number of carbonyl (C=O) groups excluding carboxylic acids is 1. The minimum Gasteiger partial charge on any atom is -0.325 e. The van der Waals surface area contributed by atoms with E-state index in [0.29, 0.717) is 31.1 Å². The van der Waals surface area contributed by atoms with Gasteiger partial charge < -0.3 is 9.80 Å². The van der Waals surface area contributed by atoms with Gasteiger partial charge in [-0.05, 0) is 46.0 Å². The lowest BCUT2D eigenvalue weighted by Crippen LogP contribution is -3.18. The number of likely N-dealkylation sites (tertiary alicyclic amines) is 1. The van der Waals surface area contributed by atoms with Crippen LogP contribution < -0.4 is 9.80 Å². The van der Waals surface area contributed by atoms with E-state index in [-0.39, 0.29) is 5.41 Å². The molecule has 0 radical (unpaired) electrons. The van der Waals surface area contributed by atoms with E-state index in [1.165, 1.54) is 9.80 Å². The summed E-state index contributed by atoms with van der Waals surface area (Å²) < 4.78 is 0. The number of carbonyl (C=O) groups is 1. The second kappa shape index (κ2) is 8.93. The fraction of sp³-hybridized carbons (Fsp3) is 0.778. The number of hydrogen-bond donors (Lipinski definition) is 2. The second-order valence-corrected chi connectivity index (χ2v) is 6.75. The Morgan fingerprint density at radius 2 is 2.05 bits per heavy atom. The van der Waals surface area contributed by atoms with Gasteiger partial charge in [0.15, 0.2) is 0 Å². The topological polar surface area (TPSA) is 49.7 Å². The van der Waals surface area contributed by atoms with Crippen LogP contribution in [0.2, 0.25) is 0 Å². The van der Waals surface area contributed by atoms with Crippen LogP contribution in [0, 0.1) is 28.6 Å². The highest BCUT2D eigenvalue weighted by molar-refractivity contribution is 5.85. The van der Waals surface area contributed by atoms with E-state index >= 15 is 0 Å². The van der Waals surface area contributed by atoms with Crippen LogP contribution in [-0.2, 0) is 4.79 Å². The number of piperidine rings is 1. The molecule has 122 valence electrons. The lowest BCUT2D eigenvalue weighted by molar-refractivity contribution is -0.924. The van der Waals surface area contributed by atoms with E-state index in [0.717, 1.165) is 32.7 Å². The smallest absolute Gasteiger partial charge is 0.150 e. The first-order valence-electron chi connectivity index (χ1n) is 8.51. The van der Waals surface area contributed by atoms with E-state index in [2.05, 4.69) is 38.7 Å². The minimum atomic E-state index is -0.344. The van der Waals surface area contributed by atoms with E-state index in [1.54, 1.807) is 0 Å². The summed E-state index contributed by atoms with van der Waals surface area (Å²) in [7, 11) is 0. The number of nitrogens with one attached hydrogen (secondary N) is 2. The number of rotatable bonds is 6. The Morgan fingerprint density at radius 3 is 2.64 bits per heavy atom. The predicted octanol–water partition coefficient (Wildman–Crippen LogP) is -0.529. The molecule has 0 aromatic rings. The monoisotopic (exact) mass is 305 g/mol. The van der Waals surface area contributed by atoms with Gasteiger partial charge in [0.05, 0.1) is 43.6 Å². The van der Waals surface area contributed by atoms with Crippen LogP contribution in [0.1, 0.15) is 47.0 Å². The maximum Gasteiger partial charge on any atom is 0.150 e. The molecule has 1 saturated heterocycles. The fourth-order valence-corrected chi connectivity index (χ4v) is 3.10. The van der Waals surface area contributed by atoms with Crippen molar-refractivity contribution in [3.8, 4) is 17.9 Å². The molecule has 1 fully saturated rings. The zero-order valence-electron chi connectivity index (χ0n) is 14.6. The number of Topliss-reactive ketones (excluding diaryl/α,β-unsaturated/α-hetero) is 1. The molecular formula is C18H31N3O+2. The molecule has 1 aliphatic heterocycles. The Balaban J connectivity index is 2.61. The third-order valence-corrected chi connectivity index (χ3v) is 5.05. The van der Waals surface area contributed by atoms with Gasteiger partial charge in [-0.25, -0.2) is 0 Å². The van der Waals surface area contributed by atoms with Gasteiger partial charge >= 0.3 is 0 Å². The molecule has 0 amide bonds. The second-order valence-electron chi connectivity index (χ2n) is 6.75. The van der Waals surface area contributed by atoms with Crippen LogP contribution in [0.15, 0.2) is 0 Å². The highest BCUT2D eigenvalue weighted by Gasteiger charge is 2.43. The summed E-state index contributed by atoms with van der Waals surface area (Å²) in [5, 5.41) is 8.79. The predicted molar refractivity (Wildman–Crippen MR) is 87.4 cm³/mol. The minimum absolute atomic E-state index is 0.319. The van der Waals surface area contributed by atoms with Crippen LogP contribution in [0.25, 0.3) is 0 Å². The highest BCUT2D eigenvalue weighted by Crippen LogP contribution is 2.27. The van der Waals surface area contributed by atoms with Crippen LogP contribution in [0.3, 0.4) is 0 Å². The molecule has 0 aromatic carbocycles. The average molecular weight is 305 g/mol. The zero-order valence-corrected chi connectivity index (χ0v) is 14.6. The van der Waals surface area contributed by atoms with Gasteiger partial charge in [0, 0.05) is 6.42 Å². The molecule has 0 saturated carbocycles. The van der Waals surface area contributed by atoms with Crippen molar-refractivity contribution in [1.82, 2.24) is 0 Å². The Labute approximate surface area is 135 Å². The molecule has 1 aliphatic rings. The summed E-state index contributed by atoms with van der Waals surface area (Å²) in [5.74, 6) is 6.92. The molecule has 3 atom stereocenters. The van der Waals surface area contributed by atoms with Gasteiger partial charge in [-0.15, -0.1) is 0 Å². The molecule has 0 aliphatic carbocycles. The van der Waals surface area contributed by atoms with Gasteiger partial charge in [0.2, 0.25) is 0 Å². The van der Waals surface area contributed by atoms with Crippen molar-refractivity contribution in [2.45, 2.75) is 53.0 Å². The Morgan fingerprint density at radius 1 is 1.36 bits per heavy atom. The van der Waals surface area contributed by atoms with E-state index in [4.69, 9.17) is 5.26 Å². The summed E-state index contributed by atoms with van der Waals surface area (Å²) in [6.45, 7) is 13.3. The molecule has 22 heavy (non-hydrogen) atoms. The first kappa shape index (κ1) is 18.7. The molecule has 1 heterocycles. The third kappa shape index (κ3) is 5.13. The lowest BCUT2D eigenvalue weighted by atomic mass is 9.75. The summed E-state index contributed by atoms with van der Waals surface area (Å²) >= 11 is 0.